The Morgan fingerprint density at radius 2 is 1.77 bits per heavy atom. The number of aromatic nitrogens is 1. The first kappa shape index (κ1) is 26.7. The van der Waals surface area contributed by atoms with Gasteiger partial charge < -0.3 is 9.47 Å². The fourth-order valence-corrected chi connectivity index (χ4v) is 5.73. The second-order valence-electron chi connectivity index (χ2n) is 9.13. The highest BCUT2D eigenvalue weighted by Crippen LogP contribution is 2.31. The van der Waals surface area contributed by atoms with Crippen LogP contribution >= 0.6 is 22.9 Å². The molecule has 0 unspecified atom stereocenters. The molecule has 2 heterocycles. The van der Waals surface area contributed by atoms with Crippen LogP contribution in [0.4, 0.5) is 0 Å². The third-order valence-electron chi connectivity index (χ3n) is 6.46. The fourth-order valence-electron chi connectivity index (χ4n) is 4.50. The second kappa shape index (κ2) is 11.4. The lowest BCUT2D eigenvalue weighted by molar-refractivity contribution is -0.139. The van der Waals surface area contributed by atoms with Gasteiger partial charge in [0, 0.05) is 16.1 Å². The molecule has 1 aliphatic rings. The van der Waals surface area contributed by atoms with Crippen molar-refractivity contribution in [2.24, 2.45) is 4.99 Å². The number of fused-ring (bicyclic) bond motifs is 1. The molecule has 3 aromatic carbocycles. The van der Waals surface area contributed by atoms with E-state index in [1.807, 2.05) is 79.7 Å². The number of carbonyl (C=O) groups is 1. The molecule has 0 saturated heterocycles. The van der Waals surface area contributed by atoms with Gasteiger partial charge in [-0.15, -0.1) is 0 Å². The normalized spacial score (nSPS) is 15.1. The summed E-state index contributed by atoms with van der Waals surface area (Å²) < 4.78 is 13.5. The molecule has 4 aromatic rings. The monoisotopic (exact) mass is 558 g/mol. The van der Waals surface area contributed by atoms with Gasteiger partial charge in [0.15, 0.2) is 4.80 Å². The second-order valence-corrected chi connectivity index (χ2v) is 10.5. The van der Waals surface area contributed by atoms with Crippen molar-refractivity contribution in [2.75, 3.05) is 6.61 Å². The third-order valence-corrected chi connectivity index (χ3v) is 7.81. The molecule has 198 valence electrons. The van der Waals surface area contributed by atoms with E-state index in [1.54, 1.807) is 24.5 Å². The molecule has 0 fully saturated rings. The summed E-state index contributed by atoms with van der Waals surface area (Å²) in [4.78, 5) is 32.1. The van der Waals surface area contributed by atoms with E-state index in [1.165, 1.54) is 11.3 Å². The lowest BCUT2D eigenvalue weighted by Gasteiger charge is -2.24. The largest absolute Gasteiger partial charge is 0.488 e. The van der Waals surface area contributed by atoms with Gasteiger partial charge in [0.25, 0.3) is 5.56 Å². The van der Waals surface area contributed by atoms with Gasteiger partial charge in [0.1, 0.15) is 12.4 Å². The summed E-state index contributed by atoms with van der Waals surface area (Å²) in [5.41, 5.74) is 4.18. The molecule has 0 N–H and O–H groups in total. The van der Waals surface area contributed by atoms with Crippen molar-refractivity contribution >= 4 is 35.0 Å². The number of hydrogen-bond donors (Lipinski definition) is 0. The van der Waals surface area contributed by atoms with Crippen LogP contribution in [0.3, 0.4) is 0 Å². The summed E-state index contributed by atoms with van der Waals surface area (Å²) in [5.74, 6) is 0.152. The van der Waals surface area contributed by atoms with E-state index >= 15 is 0 Å². The zero-order valence-corrected chi connectivity index (χ0v) is 23.4. The van der Waals surface area contributed by atoms with Crippen LogP contribution in [0.5, 0.6) is 5.75 Å². The minimum Gasteiger partial charge on any atom is -0.488 e. The maximum Gasteiger partial charge on any atom is 0.338 e. The van der Waals surface area contributed by atoms with E-state index < -0.39 is 12.0 Å². The number of hydrogen-bond acceptors (Lipinski definition) is 6. The van der Waals surface area contributed by atoms with Crippen LogP contribution in [-0.2, 0) is 16.1 Å². The average Bonchev–Trinajstić information content (AvgIpc) is 3.23. The highest BCUT2D eigenvalue weighted by molar-refractivity contribution is 7.07. The topological polar surface area (TPSA) is 69.9 Å². The van der Waals surface area contributed by atoms with Crippen molar-refractivity contribution in [2.45, 2.75) is 33.4 Å². The number of nitrogens with zero attached hydrogens (tertiary/aromatic N) is 2. The number of ether oxygens (including phenoxy) is 2. The van der Waals surface area contributed by atoms with Gasteiger partial charge in [-0.25, -0.2) is 9.79 Å². The molecule has 1 atom stereocenters. The minimum atomic E-state index is -0.644. The lowest BCUT2D eigenvalue weighted by atomic mass is 9.95. The van der Waals surface area contributed by atoms with E-state index in [0.717, 1.165) is 22.3 Å². The number of esters is 1. The van der Waals surface area contributed by atoms with Crippen molar-refractivity contribution in [1.29, 1.82) is 0 Å². The third kappa shape index (κ3) is 5.46. The standard InChI is InChI=1S/C31H27ClN2O4S/c1-4-37-30(36)27-20(3)33-31-34(28(27)21-15-13-19(2)14-16-21)29(35)26(39-31)17-22-9-6-8-12-25(22)38-18-23-10-5-7-11-24(23)32/h5-17,28H,4,18H2,1-3H3/b26-17-/t28-/m0/s1. The maximum atomic E-state index is 13.9. The number of halogens is 1. The van der Waals surface area contributed by atoms with Gasteiger partial charge in [-0.3, -0.25) is 9.36 Å². The number of allylic oxidation sites excluding steroid dienone is 1. The number of rotatable bonds is 7. The molecule has 39 heavy (non-hydrogen) atoms. The molecule has 0 spiro atoms. The first-order valence-corrected chi connectivity index (χ1v) is 13.8. The quantitative estimate of drug-likeness (QED) is 0.287. The predicted octanol–water partition coefficient (Wildman–Crippen LogP) is 5.34. The zero-order chi connectivity index (χ0) is 27.5. The van der Waals surface area contributed by atoms with Gasteiger partial charge in [-0.1, -0.05) is 89.2 Å². The van der Waals surface area contributed by atoms with Crippen LogP contribution in [0.15, 0.2) is 93.9 Å². The van der Waals surface area contributed by atoms with E-state index in [2.05, 4.69) is 4.99 Å². The first-order chi connectivity index (χ1) is 18.9. The SMILES string of the molecule is CCOC(=O)C1=C(C)N=c2s/c(=C\c3ccccc3OCc3ccccc3Cl)c(=O)n2[C@H]1c1ccc(C)cc1. The van der Waals surface area contributed by atoms with Crippen LogP contribution in [0.25, 0.3) is 6.08 Å². The smallest absolute Gasteiger partial charge is 0.338 e. The molecule has 6 nitrogen and oxygen atoms in total. The Morgan fingerprint density at radius 1 is 1.05 bits per heavy atom. The van der Waals surface area contributed by atoms with Crippen molar-refractivity contribution in [3.8, 4) is 5.75 Å². The Balaban J connectivity index is 1.60. The molecule has 1 aromatic heterocycles. The summed E-state index contributed by atoms with van der Waals surface area (Å²) >= 11 is 7.58. The van der Waals surface area contributed by atoms with Crippen LogP contribution in [0.2, 0.25) is 5.02 Å². The first-order valence-electron chi connectivity index (χ1n) is 12.6. The number of benzene rings is 3. The highest BCUT2D eigenvalue weighted by Gasteiger charge is 2.33. The van der Waals surface area contributed by atoms with E-state index in [9.17, 15) is 9.59 Å². The number of carbonyl (C=O) groups excluding carboxylic acids is 1. The van der Waals surface area contributed by atoms with Gasteiger partial charge in [-0.2, -0.15) is 0 Å². The van der Waals surface area contributed by atoms with Gasteiger partial charge in [-0.05, 0) is 44.5 Å². The Morgan fingerprint density at radius 3 is 2.51 bits per heavy atom. The lowest BCUT2D eigenvalue weighted by Crippen LogP contribution is -2.39. The molecular weight excluding hydrogens is 532 g/mol. The molecule has 1 aliphatic heterocycles. The van der Waals surface area contributed by atoms with Crippen LogP contribution in [0, 0.1) is 6.92 Å². The predicted molar refractivity (Wildman–Crippen MR) is 154 cm³/mol. The van der Waals surface area contributed by atoms with Gasteiger partial charge >= 0.3 is 5.97 Å². The van der Waals surface area contributed by atoms with E-state index in [0.29, 0.717) is 38.0 Å². The summed E-state index contributed by atoms with van der Waals surface area (Å²) in [6, 6.07) is 22.2. The Bertz CT molecular complexity index is 1750. The zero-order valence-electron chi connectivity index (χ0n) is 21.8. The molecule has 0 aliphatic carbocycles. The van der Waals surface area contributed by atoms with Crippen molar-refractivity contribution in [3.63, 3.8) is 0 Å². The Kier molecular flexibility index (Phi) is 7.82. The molecule has 0 amide bonds. The number of para-hydroxylation sites is 1. The van der Waals surface area contributed by atoms with Crippen LogP contribution in [0.1, 0.15) is 42.1 Å². The molecule has 5 rings (SSSR count). The Labute approximate surface area is 235 Å². The summed E-state index contributed by atoms with van der Waals surface area (Å²) in [6.07, 6.45) is 1.81. The van der Waals surface area contributed by atoms with Crippen molar-refractivity contribution in [1.82, 2.24) is 4.57 Å². The molecule has 0 saturated carbocycles. The van der Waals surface area contributed by atoms with Crippen LogP contribution < -0.4 is 19.6 Å². The van der Waals surface area contributed by atoms with E-state index in [4.69, 9.17) is 21.1 Å². The molecule has 0 bridgehead atoms. The van der Waals surface area contributed by atoms with Crippen molar-refractivity contribution in [3.05, 3.63) is 131 Å². The minimum absolute atomic E-state index is 0.228. The Hall–Kier alpha value is -3.94. The van der Waals surface area contributed by atoms with E-state index in [-0.39, 0.29) is 12.2 Å². The maximum absolute atomic E-state index is 13.9. The summed E-state index contributed by atoms with van der Waals surface area (Å²) in [7, 11) is 0. The molecule has 8 heteroatoms. The average molecular weight is 559 g/mol. The highest BCUT2D eigenvalue weighted by atomic mass is 35.5. The van der Waals surface area contributed by atoms with Crippen LogP contribution in [-0.4, -0.2) is 17.1 Å². The fraction of sp³-hybridized carbons (Fsp3) is 0.194. The molecule has 0 radical (unpaired) electrons. The summed E-state index contributed by atoms with van der Waals surface area (Å²) in [6.45, 7) is 6.05. The van der Waals surface area contributed by atoms with Gasteiger partial charge in [0.2, 0.25) is 0 Å². The van der Waals surface area contributed by atoms with Gasteiger partial charge in [0.05, 0.1) is 28.5 Å². The molecular formula is C31H27ClN2O4S. The number of aryl methyl sites for hydroxylation is 1. The number of thiazole rings is 1. The summed E-state index contributed by atoms with van der Waals surface area (Å²) in [5, 5.41) is 0.632. The van der Waals surface area contributed by atoms with Crippen molar-refractivity contribution < 1.29 is 14.3 Å².